The van der Waals surface area contributed by atoms with Gasteiger partial charge in [0.2, 0.25) is 5.91 Å². The molecule has 1 saturated heterocycles. The van der Waals surface area contributed by atoms with Crippen LogP contribution in [0.1, 0.15) is 12.5 Å². The quantitative estimate of drug-likeness (QED) is 0.877. The molecule has 0 radical (unpaired) electrons. The highest BCUT2D eigenvalue weighted by Gasteiger charge is 2.28. The molecule has 2 rings (SSSR count). The molecule has 3 nitrogen and oxygen atoms in total. The third-order valence-electron chi connectivity index (χ3n) is 3.67. The Labute approximate surface area is 123 Å². The number of carbonyl (C=O) groups excluding carboxylic acids is 1. The Morgan fingerprint density at radius 1 is 1.42 bits per heavy atom. The summed E-state index contributed by atoms with van der Waals surface area (Å²) in [5.41, 5.74) is 0.893. The average molecular weight is 301 g/mol. The van der Waals surface area contributed by atoms with Gasteiger partial charge >= 0.3 is 0 Å². The summed E-state index contributed by atoms with van der Waals surface area (Å²) >= 11 is 12.2. The van der Waals surface area contributed by atoms with Crippen LogP contribution in [0.3, 0.4) is 0 Å². The van der Waals surface area contributed by atoms with Gasteiger partial charge in [0.1, 0.15) is 0 Å². The zero-order chi connectivity index (χ0) is 13.8. The topological polar surface area (TPSA) is 41.1 Å². The van der Waals surface area contributed by atoms with Crippen molar-refractivity contribution in [2.75, 3.05) is 19.6 Å². The molecule has 1 atom stereocenters. The summed E-state index contributed by atoms with van der Waals surface area (Å²) in [6, 6.07) is 5.44. The predicted octanol–water partition coefficient (Wildman–Crippen LogP) is 2.51. The van der Waals surface area contributed by atoms with Gasteiger partial charge in [0.05, 0.1) is 0 Å². The van der Waals surface area contributed by atoms with E-state index in [2.05, 4.69) is 10.6 Å². The smallest absolute Gasteiger partial charge is 0.223 e. The molecule has 1 aliphatic heterocycles. The van der Waals surface area contributed by atoms with Gasteiger partial charge in [-0.2, -0.15) is 0 Å². The van der Waals surface area contributed by atoms with Crippen LogP contribution >= 0.6 is 23.2 Å². The number of carbonyl (C=O) groups is 1. The second-order valence-corrected chi connectivity index (χ2v) is 5.76. The fraction of sp³-hybridized carbons (Fsp3) is 0.500. The van der Waals surface area contributed by atoms with Crippen LogP contribution in [0, 0.1) is 11.8 Å². The van der Waals surface area contributed by atoms with Crippen molar-refractivity contribution in [2.24, 2.45) is 11.8 Å². The SMILES string of the molecule is CC(C(=O)NCCc1c(Cl)cccc1Cl)C1CNC1. The largest absolute Gasteiger partial charge is 0.356 e. The summed E-state index contributed by atoms with van der Waals surface area (Å²) in [5, 5.41) is 7.43. The van der Waals surface area contributed by atoms with E-state index in [1.807, 2.05) is 25.1 Å². The van der Waals surface area contributed by atoms with Crippen molar-refractivity contribution in [3.63, 3.8) is 0 Å². The van der Waals surface area contributed by atoms with Crippen LogP contribution in [0.4, 0.5) is 0 Å². The van der Waals surface area contributed by atoms with Gasteiger partial charge < -0.3 is 10.6 Å². The molecular formula is C14H18Cl2N2O. The number of halogens is 2. The van der Waals surface area contributed by atoms with Crippen molar-refractivity contribution in [3.8, 4) is 0 Å². The molecule has 1 unspecified atom stereocenters. The van der Waals surface area contributed by atoms with Crippen molar-refractivity contribution < 1.29 is 4.79 Å². The molecule has 1 aromatic rings. The van der Waals surface area contributed by atoms with Gasteiger partial charge in [-0.05, 0) is 43.1 Å². The van der Waals surface area contributed by atoms with Crippen LogP contribution in [0.25, 0.3) is 0 Å². The van der Waals surface area contributed by atoms with Crippen molar-refractivity contribution in [1.82, 2.24) is 10.6 Å². The molecule has 5 heteroatoms. The molecule has 0 saturated carbocycles. The van der Waals surface area contributed by atoms with Gasteiger partial charge in [0.15, 0.2) is 0 Å². The van der Waals surface area contributed by atoms with E-state index in [4.69, 9.17) is 23.2 Å². The Morgan fingerprint density at radius 3 is 2.58 bits per heavy atom. The van der Waals surface area contributed by atoms with Crippen molar-refractivity contribution in [1.29, 1.82) is 0 Å². The second kappa shape index (κ2) is 6.60. The first-order chi connectivity index (χ1) is 9.09. The standard InChI is InChI=1S/C14H18Cl2N2O/c1-9(10-7-17-8-10)14(19)18-6-5-11-12(15)3-2-4-13(11)16/h2-4,9-10,17H,5-8H2,1H3,(H,18,19). The van der Waals surface area contributed by atoms with E-state index in [1.165, 1.54) is 0 Å². The van der Waals surface area contributed by atoms with Gasteiger partial charge in [0, 0.05) is 22.5 Å². The monoisotopic (exact) mass is 300 g/mol. The Kier molecular flexibility index (Phi) is 5.08. The lowest BCUT2D eigenvalue weighted by molar-refractivity contribution is -0.126. The molecule has 104 valence electrons. The van der Waals surface area contributed by atoms with Gasteiger partial charge in [-0.1, -0.05) is 36.2 Å². The Morgan fingerprint density at radius 2 is 2.05 bits per heavy atom. The lowest BCUT2D eigenvalue weighted by Gasteiger charge is -2.31. The normalized spacial score (nSPS) is 16.8. The van der Waals surface area contributed by atoms with E-state index in [-0.39, 0.29) is 11.8 Å². The first kappa shape index (κ1) is 14.6. The van der Waals surface area contributed by atoms with E-state index in [0.717, 1.165) is 18.7 Å². The molecule has 1 heterocycles. The molecule has 2 N–H and O–H groups in total. The van der Waals surface area contributed by atoms with E-state index in [9.17, 15) is 4.79 Å². The van der Waals surface area contributed by atoms with Gasteiger partial charge in [-0.3, -0.25) is 4.79 Å². The van der Waals surface area contributed by atoms with Crippen LogP contribution in [0.5, 0.6) is 0 Å². The minimum Gasteiger partial charge on any atom is -0.356 e. The highest BCUT2D eigenvalue weighted by atomic mass is 35.5. The Hall–Kier alpha value is -0.770. The molecule has 1 amide bonds. The second-order valence-electron chi connectivity index (χ2n) is 4.95. The van der Waals surface area contributed by atoms with Crippen molar-refractivity contribution in [3.05, 3.63) is 33.8 Å². The van der Waals surface area contributed by atoms with Gasteiger partial charge in [-0.15, -0.1) is 0 Å². The summed E-state index contributed by atoms with van der Waals surface area (Å²) in [5.74, 6) is 0.626. The minimum absolute atomic E-state index is 0.0583. The van der Waals surface area contributed by atoms with E-state index < -0.39 is 0 Å². The van der Waals surface area contributed by atoms with Crippen LogP contribution in [0.2, 0.25) is 10.0 Å². The molecule has 0 aliphatic carbocycles. The Balaban J connectivity index is 1.81. The third kappa shape index (κ3) is 3.62. The first-order valence-corrected chi connectivity index (χ1v) is 7.26. The Bertz CT molecular complexity index is 441. The minimum atomic E-state index is 0.0583. The van der Waals surface area contributed by atoms with E-state index >= 15 is 0 Å². The van der Waals surface area contributed by atoms with E-state index in [0.29, 0.717) is 28.9 Å². The molecule has 0 aromatic heterocycles. The zero-order valence-corrected chi connectivity index (χ0v) is 12.4. The highest BCUT2D eigenvalue weighted by Crippen LogP contribution is 2.24. The maximum atomic E-state index is 11.9. The molecule has 1 aliphatic rings. The lowest BCUT2D eigenvalue weighted by atomic mass is 9.88. The van der Waals surface area contributed by atoms with Crippen LogP contribution in [-0.2, 0) is 11.2 Å². The third-order valence-corrected chi connectivity index (χ3v) is 4.38. The number of benzene rings is 1. The molecule has 1 fully saturated rings. The van der Waals surface area contributed by atoms with Gasteiger partial charge in [0.25, 0.3) is 0 Å². The molecule has 0 spiro atoms. The molecule has 0 bridgehead atoms. The fourth-order valence-electron chi connectivity index (χ4n) is 2.12. The maximum Gasteiger partial charge on any atom is 0.223 e. The van der Waals surface area contributed by atoms with Crippen molar-refractivity contribution >= 4 is 29.1 Å². The number of amides is 1. The number of nitrogens with one attached hydrogen (secondary N) is 2. The maximum absolute atomic E-state index is 11.9. The highest BCUT2D eigenvalue weighted by molar-refractivity contribution is 6.35. The van der Waals surface area contributed by atoms with Crippen LogP contribution < -0.4 is 10.6 Å². The predicted molar refractivity (Wildman–Crippen MR) is 78.7 cm³/mol. The average Bonchev–Trinajstić information content (AvgIpc) is 2.30. The summed E-state index contributed by atoms with van der Waals surface area (Å²) in [7, 11) is 0. The van der Waals surface area contributed by atoms with Gasteiger partial charge in [-0.25, -0.2) is 0 Å². The molecular weight excluding hydrogens is 283 g/mol. The summed E-state index contributed by atoms with van der Waals surface area (Å²) < 4.78 is 0. The number of hydrogen-bond acceptors (Lipinski definition) is 2. The summed E-state index contributed by atoms with van der Waals surface area (Å²) in [4.78, 5) is 11.9. The van der Waals surface area contributed by atoms with E-state index in [1.54, 1.807) is 0 Å². The molecule has 1 aromatic carbocycles. The van der Waals surface area contributed by atoms with Crippen LogP contribution in [0.15, 0.2) is 18.2 Å². The first-order valence-electron chi connectivity index (χ1n) is 6.51. The zero-order valence-electron chi connectivity index (χ0n) is 10.9. The number of hydrogen-bond donors (Lipinski definition) is 2. The molecule has 19 heavy (non-hydrogen) atoms. The number of rotatable bonds is 5. The fourth-order valence-corrected chi connectivity index (χ4v) is 2.71. The van der Waals surface area contributed by atoms with Crippen LogP contribution in [-0.4, -0.2) is 25.5 Å². The summed E-state index contributed by atoms with van der Waals surface area (Å²) in [6.07, 6.45) is 0.653. The van der Waals surface area contributed by atoms with Crippen molar-refractivity contribution in [2.45, 2.75) is 13.3 Å². The lowest BCUT2D eigenvalue weighted by Crippen LogP contribution is -2.49. The summed E-state index contributed by atoms with van der Waals surface area (Å²) in [6.45, 7) is 4.41.